The minimum Gasteiger partial charge on any atom is -0.465 e. The van der Waals surface area contributed by atoms with Crippen LogP contribution in [0.5, 0.6) is 0 Å². The Balaban J connectivity index is 1.29. The van der Waals surface area contributed by atoms with Gasteiger partial charge in [0.2, 0.25) is 21.7 Å². The van der Waals surface area contributed by atoms with E-state index in [1.165, 1.54) is 35.5 Å². The second kappa shape index (κ2) is 9.27. The quantitative estimate of drug-likeness (QED) is 0.509. The van der Waals surface area contributed by atoms with Crippen molar-refractivity contribution in [1.29, 1.82) is 0 Å². The molecule has 0 radical (unpaired) electrons. The molecule has 0 N–H and O–H groups in total. The fourth-order valence-corrected chi connectivity index (χ4v) is 6.31. The molecule has 1 aliphatic heterocycles. The molecule has 1 aromatic carbocycles. The van der Waals surface area contributed by atoms with Crippen LogP contribution in [0, 0.1) is 0 Å². The van der Waals surface area contributed by atoms with Gasteiger partial charge in [-0.1, -0.05) is 23.4 Å². The third-order valence-corrected chi connectivity index (χ3v) is 8.52. The maximum absolute atomic E-state index is 13.2. The fourth-order valence-electron chi connectivity index (χ4n) is 4.66. The lowest BCUT2D eigenvalue weighted by molar-refractivity contribution is 0.0596. The van der Waals surface area contributed by atoms with Gasteiger partial charge < -0.3 is 9.26 Å². The first-order valence-electron chi connectivity index (χ1n) is 11.5. The molecule has 0 spiro atoms. The van der Waals surface area contributed by atoms with Crippen LogP contribution in [0.1, 0.15) is 59.1 Å². The van der Waals surface area contributed by atoms with Crippen molar-refractivity contribution >= 4 is 16.0 Å². The highest BCUT2D eigenvalue weighted by Crippen LogP contribution is 2.32. The van der Waals surface area contributed by atoms with Gasteiger partial charge in [0.15, 0.2) is 0 Å². The zero-order valence-corrected chi connectivity index (χ0v) is 19.8. The van der Waals surface area contributed by atoms with E-state index < -0.39 is 16.0 Å². The van der Waals surface area contributed by atoms with Crippen molar-refractivity contribution < 1.29 is 22.5 Å². The number of carbonyl (C=O) groups excluding carboxylic acids is 1. The maximum Gasteiger partial charge on any atom is 0.339 e. The normalized spacial score (nSPS) is 17.3. The van der Waals surface area contributed by atoms with Crippen molar-refractivity contribution in [2.45, 2.75) is 49.3 Å². The van der Waals surface area contributed by atoms with Gasteiger partial charge in [-0.3, -0.25) is 0 Å². The molecule has 2 aromatic heterocycles. The zero-order chi connectivity index (χ0) is 23.7. The Labute approximate surface area is 198 Å². The van der Waals surface area contributed by atoms with Gasteiger partial charge in [0.05, 0.1) is 17.6 Å². The number of ether oxygens (including phenoxy) is 1. The first-order chi connectivity index (χ1) is 16.5. The lowest BCUT2D eigenvalue weighted by atomic mass is 9.96. The van der Waals surface area contributed by atoms with Gasteiger partial charge in [-0.2, -0.15) is 9.29 Å². The van der Waals surface area contributed by atoms with Crippen molar-refractivity contribution in [2.24, 2.45) is 0 Å². The van der Waals surface area contributed by atoms with Crippen molar-refractivity contribution in [3.05, 3.63) is 59.1 Å². The Hall–Kier alpha value is -3.11. The SMILES string of the molecule is COC(=O)c1ccccc1S(=O)(=O)N1CCC(c2nc(-c3ccc4c(n3)CCCC4)no2)CC1. The first-order valence-corrected chi connectivity index (χ1v) is 12.9. The first kappa shape index (κ1) is 22.7. The van der Waals surface area contributed by atoms with Gasteiger partial charge in [-0.05, 0) is 62.3 Å². The van der Waals surface area contributed by atoms with E-state index in [9.17, 15) is 13.2 Å². The molecule has 1 aliphatic carbocycles. The third kappa shape index (κ3) is 4.23. The van der Waals surface area contributed by atoms with Gasteiger partial charge >= 0.3 is 5.97 Å². The van der Waals surface area contributed by atoms with E-state index in [0.29, 0.717) is 30.3 Å². The molecule has 1 fully saturated rings. The Bertz CT molecular complexity index is 1310. The van der Waals surface area contributed by atoms with Crippen molar-refractivity contribution in [1.82, 2.24) is 19.4 Å². The third-order valence-electron chi connectivity index (χ3n) is 6.56. The highest BCUT2D eigenvalue weighted by Gasteiger charge is 2.34. The number of benzene rings is 1. The molecular formula is C24H26N4O5S. The number of hydrogen-bond donors (Lipinski definition) is 0. The molecular weight excluding hydrogens is 456 g/mol. The average molecular weight is 483 g/mol. The monoisotopic (exact) mass is 482 g/mol. The second-order valence-electron chi connectivity index (χ2n) is 8.63. The van der Waals surface area contributed by atoms with Crippen LogP contribution in [-0.2, 0) is 27.6 Å². The minimum atomic E-state index is -3.84. The number of pyridine rings is 1. The fraction of sp³-hybridized carbons (Fsp3) is 0.417. The summed E-state index contributed by atoms with van der Waals surface area (Å²) in [6.07, 6.45) is 5.46. The summed E-state index contributed by atoms with van der Waals surface area (Å²) in [4.78, 5) is 21.3. The predicted octanol–water partition coefficient (Wildman–Crippen LogP) is 3.37. The number of fused-ring (bicyclic) bond motifs is 1. The van der Waals surface area contributed by atoms with Crippen LogP contribution in [0.2, 0.25) is 0 Å². The number of piperidine rings is 1. The standard InChI is InChI=1S/C24H26N4O5S/c1-32-24(29)18-7-3-5-9-21(18)34(30,31)28-14-12-17(13-15-28)23-26-22(27-33-23)20-11-10-16-6-2-4-8-19(16)25-20/h3,5,7,9-11,17H,2,4,6,8,12-15H2,1H3. The van der Waals surface area contributed by atoms with E-state index in [0.717, 1.165) is 25.0 Å². The van der Waals surface area contributed by atoms with Gasteiger partial charge in [-0.15, -0.1) is 0 Å². The maximum atomic E-state index is 13.2. The molecule has 0 bridgehead atoms. The number of aryl methyl sites for hydroxylation is 2. The van der Waals surface area contributed by atoms with Crippen LogP contribution < -0.4 is 0 Å². The number of carbonyl (C=O) groups is 1. The number of rotatable bonds is 5. The summed E-state index contributed by atoms with van der Waals surface area (Å²) < 4.78 is 38.2. The molecule has 10 heteroatoms. The topological polar surface area (TPSA) is 115 Å². The minimum absolute atomic E-state index is 0.0335. The number of aromatic nitrogens is 3. The summed E-state index contributed by atoms with van der Waals surface area (Å²) in [7, 11) is -2.61. The summed E-state index contributed by atoms with van der Waals surface area (Å²) in [5.41, 5.74) is 3.14. The predicted molar refractivity (Wildman–Crippen MR) is 123 cm³/mol. The number of esters is 1. The Kier molecular flexibility index (Phi) is 6.18. The highest BCUT2D eigenvalue weighted by atomic mass is 32.2. The van der Waals surface area contributed by atoms with Gasteiger partial charge in [0.25, 0.3) is 0 Å². The number of sulfonamides is 1. The second-order valence-corrected chi connectivity index (χ2v) is 10.5. The summed E-state index contributed by atoms with van der Waals surface area (Å²) in [5, 5.41) is 4.13. The van der Waals surface area contributed by atoms with Crippen molar-refractivity contribution in [3.63, 3.8) is 0 Å². The summed E-state index contributed by atoms with van der Waals surface area (Å²) in [5.74, 6) is 0.247. The molecule has 2 aliphatic rings. The summed E-state index contributed by atoms with van der Waals surface area (Å²) >= 11 is 0. The molecule has 178 valence electrons. The van der Waals surface area contributed by atoms with Gasteiger partial charge in [0, 0.05) is 24.7 Å². The molecule has 0 atom stereocenters. The average Bonchev–Trinajstić information content (AvgIpc) is 3.38. The molecule has 1 saturated heterocycles. The molecule has 9 nitrogen and oxygen atoms in total. The van der Waals surface area contributed by atoms with Gasteiger partial charge in [-0.25, -0.2) is 18.2 Å². The van der Waals surface area contributed by atoms with Crippen LogP contribution in [-0.4, -0.2) is 54.0 Å². The Morgan fingerprint density at radius 2 is 1.82 bits per heavy atom. The lowest BCUT2D eigenvalue weighted by Crippen LogP contribution is -2.38. The summed E-state index contributed by atoms with van der Waals surface area (Å²) in [6, 6.07) is 10.1. The smallest absolute Gasteiger partial charge is 0.339 e. The molecule has 0 saturated carbocycles. The zero-order valence-electron chi connectivity index (χ0n) is 18.9. The lowest BCUT2D eigenvalue weighted by Gasteiger charge is -2.30. The van der Waals surface area contributed by atoms with Crippen molar-refractivity contribution in [3.8, 4) is 11.5 Å². The largest absolute Gasteiger partial charge is 0.465 e. The van der Waals surface area contributed by atoms with Crippen molar-refractivity contribution in [2.75, 3.05) is 20.2 Å². The van der Waals surface area contributed by atoms with Gasteiger partial charge in [0.1, 0.15) is 5.69 Å². The molecule has 34 heavy (non-hydrogen) atoms. The van der Waals surface area contributed by atoms with E-state index in [2.05, 4.69) is 16.2 Å². The van der Waals surface area contributed by atoms with E-state index in [1.54, 1.807) is 12.1 Å². The number of hydrogen-bond acceptors (Lipinski definition) is 8. The van der Waals surface area contributed by atoms with E-state index in [-0.39, 0.29) is 29.5 Å². The number of methoxy groups -OCH3 is 1. The van der Waals surface area contributed by atoms with E-state index >= 15 is 0 Å². The van der Waals surface area contributed by atoms with E-state index in [4.69, 9.17) is 14.2 Å². The molecule has 5 rings (SSSR count). The molecule has 3 heterocycles. The van der Waals surface area contributed by atoms with Crippen LogP contribution in [0.3, 0.4) is 0 Å². The summed E-state index contributed by atoms with van der Waals surface area (Å²) in [6.45, 7) is 0.578. The van der Waals surface area contributed by atoms with Crippen LogP contribution in [0.25, 0.3) is 11.5 Å². The van der Waals surface area contributed by atoms with E-state index in [1.807, 2.05) is 6.07 Å². The number of nitrogens with zero attached hydrogens (tertiary/aromatic N) is 4. The Morgan fingerprint density at radius 3 is 2.62 bits per heavy atom. The van der Waals surface area contributed by atoms with Crippen LogP contribution >= 0.6 is 0 Å². The van der Waals surface area contributed by atoms with Crippen LogP contribution in [0.15, 0.2) is 45.8 Å². The molecule has 3 aromatic rings. The Morgan fingerprint density at radius 1 is 1.06 bits per heavy atom. The molecule has 0 amide bonds. The highest BCUT2D eigenvalue weighted by molar-refractivity contribution is 7.89. The van der Waals surface area contributed by atoms with Crippen LogP contribution in [0.4, 0.5) is 0 Å². The molecule has 0 unspecified atom stereocenters.